The SMILES string of the molecule is O=C(O)c1ccc(Cc2nc(-c3c(F)cccc3F)nc3c2C(=O)NC3)cc1. The van der Waals surface area contributed by atoms with Crippen LogP contribution >= 0.6 is 0 Å². The number of aromatic carboxylic acids is 1. The third kappa shape index (κ3) is 3.09. The Bertz CT molecular complexity index is 1090. The molecular formula is C20H13F2N3O3. The van der Waals surface area contributed by atoms with Crippen molar-refractivity contribution in [1.82, 2.24) is 15.3 Å². The van der Waals surface area contributed by atoms with Gasteiger partial charge in [-0.3, -0.25) is 4.79 Å². The fourth-order valence-electron chi connectivity index (χ4n) is 3.11. The third-order valence-corrected chi connectivity index (χ3v) is 4.46. The van der Waals surface area contributed by atoms with E-state index in [2.05, 4.69) is 15.3 Å². The van der Waals surface area contributed by atoms with Crippen LogP contribution in [0.15, 0.2) is 42.5 Å². The summed E-state index contributed by atoms with van der Waals surface area (Å²) in [6.45, 7) is 0.144. The molecule has 0 saturated carbocycles. The van der Waals surface area contributed by atoms with Gasteiger partial charge in [-0.2, -0.15) is 0 Å². The van der Waals surface area contributed by atoms with Crippen LogP contribution in [0.4, 0.5) is 8.78 Å². The van der Waals surface area contributed by atoms with Gasteiger partial charge in [0.2, 0.25) is 0 Å². The molecule has 0 aliphatic carbocycles. The van der Waals surface area contributed by atoms with Crippen molar-refractivity contribution in [3.05, 3.63) is 82.2 Å². The Kier molecular flexibility index (Phi) is 4.31. The summed E-state index contributed by atoms with van der Waals surface area (Å²) in [6.07, 6.45) is 0.182. The van der Waals surface area contributed by atoms with Crippen molar-refractivity contribution in [2.24, 2.45) is 0 Å². The molecule has 6 nitrogen and oxygen atoms in total. The first-order valence-electron chi connectivity index (χ1n) is 8.38. The van der Waals surface area contributed by atoms with Gasteiger partial charge in [-0.15, -0.1) is 0 Å². The monoisotopic (exact) mass is 381 g/mol. The first-order valence-corrected chi connectivity index (χ1v) is 8.38. The third-order valence-electron chi connectivity index (χ3n) is 4.46. The van der Waals surface area contributed by atoms with Gasteiger partial charge in [0.05, 0.1) is 34.6 Å². The zero-order valence-corrected chi connectivity index (χ0v) is 14.4. The molecule has 3 aromatic rings. The van der Waals surface area contributed by atoms with Gasteiger partial charge in [-0.25, -0.2) is 23.5 Å². The van der Waals surface area contributed by atoms with E-state index in [0.717, 1.165) is 12.1 Å². The highest BCUT2D eigenvalue weighted by Crippen LogP contribution is 2.27. The van der Waals surface area contributed by atoms with Gasteiger partial charge in [0.25, 0.3) is 5.91 Å². The quantitative estimate of drug-likeness (QED) is 0.725. The largest absolute Gasteiger partial charge is 0.478 e. The smallest absolute Gasteiger partial charge is 0.335 e. The highest BCUT2D eigenvalue weighted by atomic mass is 19.1. The van der Waals surface area contributed by atoms with Crippen LogP contribution in [0.1, 0.15) is 37.7 Å². The Labute approximate surface area is 157 Å². The van der Waals surface area contributed by atoms with Crippen LogP contribution in [-0.4, -0.2) is 27.0 Å². The van der Waals surface area contributed by atoms with Crippen molar-refractivity contribution in [3.63, 3.8) is 0 Å². The van der Waals surface area contributed by atoms with Gasteiger partial charge in [-0.05, 0) is 29.8 Å². The highest BCUT2D eigenvalue weighted by molar-refractivity contribution is 5.99. The second-order valence-electron chi connectivity index (χ2n) is 6.27. The zero-order chi connectivity index (χ0) is 19.8. The number of amides is 1. The van der Waals surface area contributed by atoms with Crippen LogP contribution in [0.2, 0.25) is 0 Å². The zero-order valence-electron chi connectivity index (χ0n) is 14.4. The molecule has 0 radical (unpaired) electrons. The predicted molar refractivity (Wildman–Crippen MR) is 94.8 cm³/mol. The lowest BCUT2D eigenvalue weighted by Crippen LogP contribution is -2.14. The standard InChI is InChI=1S/C20H13F2N3O3/c21-12-2-1-3-13(22)16(12)18-24-14(17-15(25-18)9-23-19(17)26)8-10-4-6-11(7-5-10)20(27)28/h1-7H,8-9H2,(H,23,26)(H,27,28). The second-order valence-corrected chi connectivity index (χ2v) is 6.27. The molecule has 0 unspecified atom stereocenters. The lowest BCUT2D eigenvalue weighted by Gasteiger charge is -2.10. The molecule has 2 N–H and O–H groups in total. The van der Waals surface area contributed by atoms with E-state index in [1.54, 1.807) is 12.1 Å². The molecule has 28 heavy (non-hydrogen) atoms. The number of halogens is 2. The van der Waals surface area contributed by atoms with Gasteiger partial charge < -0.3 is 10.4 Å². The highest BCUT2D eigenvalue weighted by Gasteiger charge is 2.28. The Morgan fingerprint density at radius 3 is 2.36 bits per heavy atom. The van der Waals surface area contributed by atoms with Crippen molar-refractivity contribution in [2.75, 3.05) is 0 Å². The number of hydrogen-bond acceptors (Lipinski definition) is 4. The first kappa shape index (κ1) is 17.7. The van der Waals surface area contributed by atoms with E-state index < -0.39 is 17.6 Å². The van der Waals surface area contributed by atoms with Gasteiger partial charge in [-0.1, -0.05) is 18.2 Å². The fraction of sp³-hybridized carbons (Fsp3) is 0.100. The van der Waals surface area contributed by atoms with Gasteiger partial charge >= 0.3 is 5.97 Å². The fourth-order valence-corrected chi connectivity index (χ4v) is 3.11. The van der Waals surface area contributed by atoms with Crippen molar-refractivity contribution in [3.8, 4) is 11.4 Å². The molecule has 0 saturated heterocycles. The number of nitrogens with zero attached hydrogens (tertiary/aromatic N) is 2. The van der Waals surface area contributed by atoms with Gasteiger partial charge in [0.15, 0.2) is 5.82 Å². The summed E-state index contributed by atoms with van der Waals surface area (Å²) in [7, 11) is 0. The van der Waals surface area contributed by atoms with Crippen LogP contribution in [0.25, 0.3) is 11.4 Å². The summed E-state index contributed by atoms with van der Waals surface area (Å²) in [6, 6.07) is 9.57. The minimum atomic E-state index is -1.05. The van der Waals surface area contributed by atoms with E-state index in [4.69, 9.17) is 5.11 Å². The van der Waals surface area contributed by atoms with Crippen LogP contribution in [0, 0.1) is 11.6 Å². The van der Waals surface area contributed by atoms with Crippen LogP contribution in [-0.2, 0) is 13.0 Å². The number of carboxylic acids is 1. The number of rotatable bonds is 4. The number of nitrogens with one attached hydrogen (secondary N) is 1. The second kappa shape index (κ2) is 6.80. The molecule has 2 aromatic carbocycles. The molecular weight excluding hydrogens is 368 g/mol. The summed E-state index contributed by atoms with van der Waals surface area (Å²) in [5.41, 5.74) is 1.44. The van der Waals surface area contributed by atoms with E-state index in [1.165, 1.54) is 18.2 Å². The van der Waals surface area contributed by atoms with Crippen molar-refractivity contribution < 1.29 is 23.5 Å². The molecule has 2 heterocycles. The van der Waals surface area contributed by atoms with Crippen LogP contribution < -0.4 is 5.32 Å². The molecule has 0 atom stereocenters. The molecule has 1 amide bonds. The van der Waals surface area contributed by atoms with E-state index >= 15 is 0 Å². The number of carbonyl (C=O) groups excluding carboxylic acids is 1. The maximum atomic E-state index is 14.2. The Morgan fingerprint density at radius 2 is 1.71 bits per heavy atom. The summed E-state index contributed by atoms with van der Waals surface area (Å²) in [5.74, 6) is -3.13. The molecule has 0 spiro atoms. The summed E-state index contributed by atoms with van der Waals surface area (Å²) < 4.78 is 28.4. The predicted octanol–water partition coefficient (Wildman–Crippen LogP) is 2.95. The normalized spacial score (nSPS) is 12.6. The summed E-state index contributed by atoms with van der Waals surface area (Å²) in [4.78, 5) is 31.6. The molecule has 1 aromatic heterocycles. The molecule has 0 fully saturated rings. The number of carboxylic acid groups (broad SMARTS) is 1. The number of aromatic nitrogens is 2. The van der Waals surface area contributed by atoms with Crippen molar-refractivity contribution in [1.29, 1.82) is 0 Å². The lowest BCUT2D eigenvalue weighted by molar-refractivity contribution is 0.0696. The van der Waals surface area contributed by atoms with E-state index in [1.807, 2.05) is 0 Å². The molecule has 140 valence electrons. The average molecular weight is 381 g/mol. The maximum absolute atomic E-state index is 14.2. The minimum Gasteiger partial charge on any atom is -0.478 e. The van der Waals surface area contributed by atoms with Crippen molar-refractivity contribution in [2.45, 2.75) is 13.0 Å². The lowest BCUT2D eigenvalue weighted by atomic mass is 10.0. The Morgan fingerprint density at radius 1 is 1.04 bits per heavy atom. The summed E-state index contributed by atoms with van der Waals surface area (Å²) in [5, 5.41) is 11.6. The van der Waals surface area contributed by atoms with E-state index in [0.29, 0.717) is 17.0 Å². The molecule has 0 bridgehead atoms. The molecule has 4 rings (SSSR count). The van der Waals surface area contributed by atoms with Gasteiger partial charge in [0.1, 0.15) is 11.6 Å². The number of hydrogen-bond donors (Lipinski definition) is 2. The maximum Gasteiger partial charge on any atom is 0.335 e. The first-order chi connectivity index (χ1) is 13.4. The topological polar surface area (TPSA) is 92.2 Å². The average Bonchev–Trinajstić information content (AvgIpc) is 3.03. The number of fused-ring (bicyclic) bond motifs is 1. The summed E-state index contributed by atoms with van der Waals surface area (Å²) >= 11 is 0. The molecule has 8 heteroatoms. The van der Waals surface area contributed by atoms with Gasteiger partial charge in [0, 0.05) is 6.42 Å². The van der Waals surface area contributed by atoms with E-state index in [-0.39, 0.29) is 41.4 Å². The van der Waals surface area contributed by atoms with Crippen LogP contribution in [0.5, 0.6) is 0 Å². The van der Waals surface area contributed by atoms with Crippen molar-refractivity contribution >= 4 is 11.9 Å². The number of carbonyl (C=O) groups is 2. The Hall–Kier alpha value is -3.68. The van der Waals surface area contributed by atoms with Crippen LogP contribution in [0.3, 0.4) is 0 Å². The molecule has 1 aliphatic heterocycles. The Balaban J connectivity index is 1.81. The molecule has 1 aliphatic rings. The minimum absolute atomic E-state index is 0.128. The number of benzene rings is 2. The van der Waals surface area contributed by atoms with E-state index in [9.17, 15) is 18.4 Å².